The standard InChI is InChI=1S/C36H43N9O4/c46-35(42-10-14-48-15-11-42)44-9-7-25(24-44)20-38-34-39-21-30(22-40-34)28-4-3-27-19-29(6-5-26(27)18-28)31-23-37-33(41-31)32-2-1-8-45(32)36(47)43-12-16-49-17-13-43/h3-6,18-19,21-23,25,32H,1-2,7-17,20,24H2,(H,37,41)(H,38,39,40)/t25-,32+/m1/s1. The first-order valence-electron chi connectivity index (χ1n) is 17.5. The quantitative estimate of drug-likeness (QED) is 0.309. The van der Waals surface area contributed by atoms with Crippen LogP contribution in [0.3, 0.4) is 0 Å². The van der Waals surface area contributed by atoms with Crippen molar-refractivity contribution >= 4 is 28.8 Å². The van der Waals surface area contributed by atoms with Gasteiger partial charge in [-0.15, -0.1) is 0 Å². The van der Waals surface area contributed by atoms with E-state index in [-0.39, 0.29) is 18.1 Å². The molecular formula is C36H43N9O4. The van der Waals surface area contributed by atoms with Gasteiger partial charge in [0.2, 0.25) is 5.95 Å². The van der Waals surface area contributed by atoms with E-state index in [1.807, 2.05) is 38.2 Å². The summed E-state index contributed by atoms with van der Waals surface area (Å²) >= 11 is 0. The number of fused-ring (bicyclic) bond motifs is 1. The van der Waals surface area contributed by atoms with E-state index >= 15 is 0 Å². The summed E-state index contributed by atoms with van der Waals surface area (Å²) in [5.74, 6) is 1.80. The Labute approximate surface area is 285 Å². The Morgan fingerprint density at radius 2 is 1.41 bits per heavy atom. The Morgan fingerprint density at radius 3 is 2.14 bits per heavy atom. The number of nitrogens with zero attached hydrogens (tertiary/aromatic N) is 7. The minimum atomic E-state index is -0.0415. The molecule has 4 amide bonds. The monoisotopic (exact) mass is 665 g/mol. The van der Waals surface area contributed by atoms with Gasteiger partial charge in [-0.05, 0) is 53.6 Å². The Hall–Kier alpha value is -4.75. The molecule has 13 heteroatoms. The minimum absolute atomic E-state index is 0.0415. The molecule has 6 heterocycles. The third-order valence-corrected chi connectivity index (χ3v) is 10.2. The molecular weight excluding hydrogens is 622 g/mol. The lowest BCUT2D eigenvalue weighted by molar-refractivity contribution is 0.0419. The first kappa shape index (κ1) is 31.5. The lowest BCUT2D eigenvalue weighted by Crippen LogP contribution is -2.48. The minimum Gasteiger partial charge on any atom is -0.378 e. The molecule has 0 aliphatic carbocycles. The van der Waals surface area contributed by atoms with Crippen LogP contribution in [0.2, 0.25) is 0 Å². The first-order valence-corrected chi connectivity index (χ1v) is 17.5. The average molecular weight is 666 g/mol. The number of carbonyl (C=O) groups excluding carboxylic acids is 2. The van der Waals surface area contributed by atoms with Crippen molar-refractivity contribution < 1.29 is 19.1 Å². The molecule has 0 saturated carbocycles. The normalized spacial score (nSPS) is 21.5. The van der Waals surface area contributed by atoms with Gasteiger partial charge in [-0.2, -0.15) is 0 Å². The highest BCUT2D eigenvalue weighted by Gasteiger charge is 2.35. The largest absolute Gasteiger partial charge is 0.378 e. The Kier molecular flexibility index (Phi) is 9.01. The van der Waals surface area contributed by atoms with Gasteiger partial charge < -0.3 is 39.4 Å². The molecule has 2 N–H and O–H groups in total. The van der Waals surface area contributed by atoms with E-state index < -0.39 is 0 Å². The van der Waals surface area contributed by atoms with Crippen LogP contribution in [0.4, 0.5) is 15.5 Å². The van der Waals surface area contributed by atoms with Gasteiger partial charge >= 0.3 is 12.1 Å². The fourth-order valence-electron chi connectivity index (χ4n) is 7.39. The van der Waals surface area contributed by atoms with Crippen LogP contribution in [-0.2, 0) is 9.47 Å². The van der Waals surface area contributed by atoms with Gasteiger partial charge in [0.1, 0.15) is 5.82 Å². The van der Waals surface area contributed by atoms with Crippen molar-refractivity contribution in [3.8, 4) is 22.4 Å². The van der Waals surface area contributed by atoms with Crippen molar-refractivity contribution in [2.45, 2.75) is 25.3 Å². The molecule has 2 aromatic carbocycles. The molecule has 0 unspecified atom stereocenters. The molecule has 4 saturated heterocycles. The molecule has 8 rings (SSSR count). The highest BCUT2D eigenvalue weighted by molar-refractivity contribution is 5.90. The number of urea groups is 2. The number of likely N-dealkylation sites (tertiary alicyclic amines) is 2. The highest BCUT2D eigenvalue weighted by atomic mass is 16.5. The molecule has 0 spiro atoms. The van der Waals surface area contributed by atoms with Crippen LogP contribution in [-0.4, -0.2) is 130 Å². The number of morpholine rings is 2. The summed E-state index contributed by atoms with van der Waals surface area (Å²) in [6.45, 7) is 8.05. The maximum absolute atomic E-state index is 13.2. The third-order valence-electron chi connectivity index (χ3n) is 10.2. The molecule has 256 valence electrons. The zero-order chi connectivity index (χ0) is 33.2. The first-order chi connectivity index (χ1) is 24.1. The van der Waals surface area contributed by atoms with Crippen LogP contribution >= 0.6 is 0 Å². The second kappa shape index (κ2) is 14.0. The number of carbonyl (C=O) groups is 2. The number of nitrogens with one attached hydrogen (secondary N) is 2. The molecule has 4 aromatic rings. The van der Waals surface area contributed by atoms with E-state index in [1.165, 1.54) is 0 Å². The van der Waals surface area contributed by atoms with Gasteiger partial charge in [0.05, 0.1) is 44.4 Å². The molecule has 0 radical (unpaired) electrons. The highest BCUT2D eigenvalue weighted by Crippen LogP contribution is 2.34. The van der Waals surface area contributed by atoms with E-state index in [0.29, 0.717) is 64.5 Å². The SMILES string of the molecule is O=C(N1CCOCC1)N1CC[C@H](CNc2ncc(-c3ccc4cc(-c5cnc([C@@H]6CCCN6C(=O)N6CCOCC6)[nH]5)ccc4c3)cn2)C1. The molecule has 49 heavy (non-hydrogen) atoms. The van der Waals surface area contributed by atoms with E-state index in [0.717, 1.165) is 84.4 Å². The van der Waals surface area contributed by atoms with Crippen LogP contribution in [0.1, 0.15) is 31.1 Å². The van der Waals surface area contributed by atoms with Gasteiger partial charge in [-0.3, -0.25) is 0 Å². The van der Waals surface area contributed by atoms with Crippen LogP contribution in [0.15, 0.2) is 55.0 Å². The predicted octanol–water partition coefficient (Wildman–Crippen LogP) is 4.46. The molecule has 4 fully saturated rings. The summed E-state index contributed by atoms with van der Waals surface area (Å²) in [4.78, 5) is 51.2. The van der Waals surface area contributed by atoms with Crippen molar-refractivity contribution in [1.82, 2.24) is 39.5 Å². The summed E-state index contributed by atoms with van der Waals surface area (Å²) < 4.78 is 10.8. The zero-order valence-corrected chi connectivity index (χ0v) is 27.7. The van der Waals surface area contributed by atoms with E-state index in [4.69, 9.17) is 14.5 Å². The van der Waals surface area contributed by atoms with Crippen LogP contribution in [0, 0.1) is 5.92 Å². The van der Waals surface area contributed by atoms with Gasteiger partial charge in [-0.1, -0.05) is 24.3 Å². The summed E-state index contributed by atoms with van der Waals surface area (Å²) in [6, 6.07) is 13.0. The number of ether oxygens (including phenoxy) is 2. The van der Waals surface area contributed by atoms with Crippen molar-refractivity contribution in [1.29, 1.82) is 0 Å². The third kappa shape index (κ3) is 6.77. The summed E-state index contributed by atoms with van der Waals surface area (Å²) in [6.07, 6.45) is 8.43. The smallest absolute Gasteiger partial charge is 0.320 e. The molecule has 0 bridgehead atoms. The Bertz CT molecular complexity index is 1780. The molecule has 4 aliphatic rings. The average Bonchev–Trinajstić information content (AvgIpc) is 3.96. The molecule has 2 aromatic heterocycles. The maximum atomic E-state index is 13.2. The summed E-state index contributed by atoms with van der Waals surface area (Å²) in [7, 11) is 0. The molecule has 13 nitrogen and oxygen atoms in total. The number of rotatable bonds is 6. The number of aromatic nitrogens is 4. The lowest BCUT2D eigenvalue weighted by atomic mass is 10.0. The topological polar surface area (TPSA) is 132 Å². The molecule has 4 aliphatic heterocycles. The number of anilines is 1. The van der Waals surface area contributed by atoms with Crippen LogP contribution < -0.4 is 5.32 Å². The fraction of sp³-hybridized carbons (Fsp3) is 0.472. The van der Waals surface area contributed by atoms with Crippen molar-refractivity contribution in [3.63, 3.8) is 0 Å². The molecule has 2 atom stereocenters. The summed E-state index contributed by atoms with van der Waals surface area (Å²) in [5.41, 5.74) is 4.00. The van der Waals surface area contributed by atoms with Crippen molar-refractivity contribution in [3.05, 3.63) is 60.8 Å². The zero-order valence-electron chi connectivity index (χ0n) is 27.7. The van der Waals surface area contributed by atoms with Crippen molar-refractivity contribution in [2.24, 2.45) is 5.92 Å². The van der Waals surface area contributed by atoms with Gasteiger partial charge in [0.25, 0.3) is 0 Å². The number of hydrogen-bond donors (Lipinski definition) is 2. The predicted molar refractivity (Wildman–Crippen MR) is 185 cm³/mol. The maximum Gasteiger partial charge on any atom is 0.320 e. The van der Waals surface area contributed by atoms with Crippen LogP contribution in [0.5, 0.6) is 0 Å². The number of H-pyrrole nitrogens is 1. The number of imidazole rings is 1. The van der Waals surface area contributed by atoms with E-state index in [1.54, 1.807) is 0 Å². The van der Waals surface area contributed by atoms with Gasteiger partial charge in [0, 0.05) is 75.9 Å². The Morgan fingerprint density at radius 1 is 0.735 bits per heavy atom. The Balaban J connectivity index is 0.880. The van der Waals surface area contributed by atoms with Crippen molar-refractivity contribution in [2.75, 3.05) is 84.1 Å². The van der Waals surface area contributed by atoms with Crippen LogP contribution in [0.25, 0.3) is 33.2 Å². The number of amides is 4. The number of hydrogen-bond acceptors (Lipinski definition) is 8. The second-order valence-electron chi connectivity index (χ2n) is 13.4. The summed E-state index contributed by atoms with van der Waals surface area (Å²) in [5, 5.41) is 5.62. The number of benzene rings is 2. The fourth-order valence-corrected chi connectivity index (χ4v) is 7.39. The number of aromatic amines is 1. The van der Waals surface area contributed by atoms with E-state index in [2.05, 4.69) is 56.7 Å². The lowest BCUT2D eigenvalue weighted by Gasteiger charge is -2.33. The second-order valence-corrected chi connectivity index (χ2v) is 13.4. The van der Waals surface area contributed by atoms with Gasteiger partial charge in [0.15, 0.2) is 0 Å². The van der Waals surface area contributed by atoms with Gasteiger partial charge in [-0.25, -0.2) is 24.5 Å². The van der Waals surface area contributed by atoms with E-state index in [9.17, 15) is 9.59 Å².